The number of nitrogen functional groups attached to an aromatic ring is 1. The SMILES string of the molecule is Cc1ccc(N)c(C(=O)OC2CCOC2)c1. The highest BCUT2D eigenvalue weighted by Crippen LogP contribution is 2.17. The van der Waals surface area contributed by atoms with Crippen LogP contribution in [-0.4, -0.2) is 25.3 Å². The van der Waals surface area contributed by atoms with Crippen molar-refractivity contribution in [3.05, 3.63) is 29.3 Å². The molecule has 2 N–H and O–H groups in total. The van der Waals surface area contributed by atoms with E-state index in [1.807, 2.05) is 13.0 Å². The highest BCUT2D eigenvalue weighted by Gasteiger charge is 2.21. The maximum atomic E-state index is 11.8. The molecule has 1 fully saturated rings. The number of rotatable bonds is 2. The topological polar surface area (TPSA) is 61.6 Å². The predicted octanol–water partition coefficient (Wildman–Crippen LogP) is 1.52. The van der Waals surface area contributed by atoms with Gasteiger partial charge in [0.25, 0.3) is 0 Å². The molecule has 0 saturated carbocycles. The average molecular weight is 221 g/mol. The summed E-state index contributed by atoms with van der Waals surface area (Å²) in [7, 11) is 0. The fourth-order valence-corrected chi connectivity index (χ4v) is 1.67. The van der Waals surface area contributed by atoms with Crippen LogP contribution >= 0.6 is 0 Å². The molecular formula is C12H15NO3. The standard InChI is InChI=1S/C12H15NO3/c1-8-2-3-11(13)10(6-8)12(14)16-9-4-5-15-7-9/h2-3,6,9H,4-5,7,13H2,1H3. The summed E-state index contributed by atoms with van der Waals surface area (Å²) in [4.78, 5) is 11.8. The number of aryl methyl sites for hydroxylation is 1. The molecule has 0 amide bonds. The Hall–Kier alpha value is -1.55. The Morgan fingerprint density at radius 1 is 1.56 bits per heavy atom. The van der Waals surface area contributed by atoms with Crippen molar-refractivity contribution in [3.8, 4) is 0 Å². The Morgan fingerprint density at radius 3 is 3.06 bits per heavy atom. The van der Waals surface area contributed by atoms with E-state index in [-0.39, 0.29) is 12.1 Å². The smallest absolute Gasteiger partial charge is 0.340 e. The lowest BCUT2D eigenvalue weighted by atomic mass is 10.1. The van der Waals surface area contributed by atoms with Crippen LogP contribution in [-0.2, 0) is 9.47 Å². The number of hydrogen-bond donors (Lipinski definition) is 1. The number of anilines is 1. The predicted molar refractivity (Wildman–Crippen MR) is 60.2 cm³/mol. The minimum absolute atomic E-state index is 0.132. The summed E-state index contributed by atoms with van der Waals surface area (Å²) in [5.74, 6) is -0.364. The Labute approximate surface area is 94.3 Å². The highest BCUT2D eigenvalue weighted by atomic mass is 16.6. The van der Waals surface area contributed by atoms with Crippen molar-refractivity contribution in [1.29, 1.82) is 0 Å². The average Bonchev–Trinajstić information content (AvgIpc) is 2.74. The third-order valence-electron chi connectivity index (χ3n) is 2.59. The zero-order chi connectivity index (χ0) is 11.5. The second-order valence-corrected chi connectivity index (χ2v) is 3.98. The van der Waals surface area contributed by atoms with Gasteiger partial charge in [-0.2, -0.15) is 0 Å². The van der Waals surface area contributed by atoms with E-state index in [4.69, 9.17) is 15.2 Å². The maximum Gasteiger partial charge on any atom is 0.340 e. The first-order chi connectivity index (χ1) is 7.66. The zero-order valence-corrected chi connectivity index (χ0v) is 9.23. The molecule has 16 heavy (non-hydrogen) atoms. The molecule has 0 aromatic heterocycles. The van der Waals surface area contributed by atoms with Crippen LogP contribution < -0.4 is 5.73 Å². The fraction of sp³-hybridized carbons (Fsp3) is 0.417. The molecule has 1 aliphatic rings. The van der Waals surface area contributed by atoms with Gasteiger partial charge >= 0.3 is 5.97 Å². The molecule has 4 heteroatoms. The number of carbonyl (C=O) groups is 1. The summed E-state index contributed by atoms with van der Waals surface area (Å²) in [6.07, 6.45) is 0.629. The summed E-state index contributed by atoms with van der Waals surface area (Å²) >= 11 is 0. The van der Waals surface area contributed by atoms with Gasteiger partial charge in [0.2, 0.25) is 0 Å². The Morgan fingerprint density at radius 2 is 2.38 bits per heavy atom. The minimum Gasteiger partial charge on any atom is -0.456 e. The van der Waals surface area contributed by atoms with Gasteiger partial charge in [-0.3, -0.25) is 0 Å². The summed E-state index contributed by atoms with van der Waals surface area (Å²) in [6, 6.07) is 5.33. The van der Waals surface area contributed by atoms with Crippen LogP contribution in [0.15, 0.2) is 18.2 Å². The van der Waals surface area contributed by atoms with E-state index in [1.54, 1.807) is 12.1 Å². The van der Waals surface area contributed by atoms with Gasteiger partial charge in [0, 0.05) is 12.1 Å². The second-order valence-electron chi connectivity index (χ2n) is 3.98. The van der Waals surface area contributed by atoms with E-state index in [0.29, 0.717) is 24.5 Å². The molecule has 0 bridgehead atoms. The van der Waals surface area contributed by atoms with Crippen LogP contribution in [0.1, 0.15) is 22.3 Å². The molecule has 0 aliphatic carbocycles. The quantitative estimate of drug-likeness (QED) is 0.607. The van der Waals surface area contributed by atoms with Crippen molar-refractivity contribution in [1.82, 2.24) is 0 Å². The summed E-state index contributed by atoms with van der Waals surface area (Å²) in [6.45, 7) is 3.05. The highest BCUT2D eigenvalue weighted by molar-refractivity contribution is 5.95. The first-order valence-electron chi connectivity index (χ1n) is 5.31. The fourth-order valence-electron chi connectivity index (χ4n) is 1.67. The van der Waals surface area contributed by atoms with Gasteiger partial charge in [-0.05, 0) is 19.1 Å². The van der Waals surface area contributed by atoms with Crippen molar-refractivity contribution in [3.63, 3.8) is 0 Å². The molecule has 86 valence electrons. The lowest BCUT2D eigenvalue weighted by molar-refractivity contribution is 0.0272. The number of carbonyl (C=O) groups excluding carboxylic acids is 1. The van der Waals surface area contributed by atoms with Crippen molar-refractivity contribution in [2.75, 3.05) is 18.9 Å². The second kappa shape index (κ2) is 4.53. The van der Waals surface area contributed by atoms with Gasteiger partial charge in [0.05, 0.1) is 18.8 Å². The van der Waals surface area contributed by atoms with Crippen LogP contribution in [0.5, 0.6) is 0 Å². The summed E-state index contributed by atoms with van der Waals surface area (Å²) < 4.78 is 10.4. The van der Waals surface area contributed by atoms with E-state index in [2.05, 4.69) is 0 Å². The third-order valence-corrected chi connectivity index (χ3v) is 2.59. The largest absolute Gasteiger partial charge is 0.456 e. The normalized spacial score (nSPS) is 19.7. The van der Waals surface area contributed by atoms with Crippen molar-refractivity contribution >= 4 is 11.7 Å². The molecule has 4 nitrogen and oxygen atoms in total. The van der Waals surface area contributed by atoms with E-state index in [9.17, 15) is 4.79 Å². The first-order valence-corrected chi connectivity index (χ1v) is 5.31. The molecule has 1 aromatic rings. The molecule has 2 rings (SSSR count). The molecule has 1 aromatic carbocycles. The Balaban J connectivity index is 2.10. The number of hydrogen-bond acceptors (Lipinski definition) is 4. The van der Waals surface area contributed by atoms with Crippen LogP contribution in [0.25, 0.3) is 0 Å². The summed E-state index contributed by atoms with van der Waals surface area (Å²) in [5, 5.41) is 0. The number of esters is 1. The van der Waals surface area contributed by atoms with Gasteiger partial charge in [0.15, 0.2) is 0 Å². The lowest BCUT2D eigenvalue weighted by Gasteiger charge is -2.11. The van der Waals surface area contributed by atoms with Gasteiger partial charge in [0.1, 0.15) is 6.10 Å². The number of benzene rings is 1. The van der Waals surface area contributed by atoms with Crippen LogP contribution in [0, 0.1) is 6.92 Å². The van der Waals surface area contributed by atoms with E-state index in [0.717, 1.165) is 12.0 Å². The molecule has 1 aliphatic heterocycles. The molecule has 1 atom stereocenters. The molecule has 0 radical (unpaired) electrons. The van der Waals surface area contributed by atoms with Gasteiger partial charge < -0.3 is 15.2 Å². The van der Waals surface area contributed by atoms with E-state index < -0.39 is 0 Å². The van der Waals surface area contributed by atoms with E-state index in [1.165, 1.54) is 0 Å². The lowest BCUT2D eigenvalue weighted by Crippen LogP contribution is -2.19. The number of ether oxygens (including phenoxy) is 2. The monoisotopic (exact) mass is 221 g/mol. The minimum atomic E-state index is -0.364. The van der Waals surface area contributed by atoms with Crippen molar-refractivity contribution in [2.45, 2.75) is 19.4 Å². The third kappa shape index (κ3) is 2.33. The first kappa shape index (κ1) is 11.0. The molecule has 1 unspecified atom stereocenters. The van der Waals surface area contributed by atoms with Crippen LogP contribution in [0.3, 0.4) is 0 Å². The Kier molecular flexibility index (Phi) is 3.10. The van der Waals surface area contributed by atoms with Crippen LogP contribution in [0.2, 0.25) is 0 Å². The van der Waals surface area contributed by atoms with E-state index >= 15 is 0 Å². The molecule has 1 saturated heterocycles. The zero-order valence-electron chi connectivity index (χ0n) is 9.23. The molecule has 1 heterocycles. The molecular weight excluding hydrogens is 206 g/mol. The number of nitrogens with two attached hydrogens (primary N) is 1. The van der Waals surface area contributed by atoms with Gasteiger partial charge in [-0.1, -0.05) is 11.6 Å². The maximum absolute atomic E-state index is 11.8. The van der Waals surface area contributed by atoms with Crippen molar-refractivity contribution < 1.29 is 14.3 Å². The Bertz CT molecular complexity index is 397. The van der Waals surface area contributed by atoms with Crippen molar-refractivity contribution in [2.24, 2.45) is 0 Å². The molecule has 0 spiro atoms. The van der Waals surface area contributed by atoms with Gasteiger partial charge in [-0.25, -0.2) is 4.79 Å². The van der Waals surface area contributed by atoms with Crippen LogP contribution in [0.4, 0.5) is 5.69 Å². The summed E-state index contributed by atoms with van der Waals surface area (Å²) in [5.41, 5.74) is 7.61. The van der Waals surface area contributed by atoms with Gasteiger partial charge in [-0.15, -0.1) is 0 Å².